The largest absolute Gasteiger partial charge is 0.431 e. The Morgan fingerprint density at radius 3 is 1.27 bits per heavy atom. The standard InChI is InChI=1S/2C10H12O2.C2H6/c2*1-5-8-6-2-3-7(4-6)9(8)10(11)12-5;1-2/h2*6-9H,1-4H2;1-2H3. The summed E-state index contributed by atoms with van der Waals surface area (Å²) in [6, 6.07) is 0. The predicted molar refractivity (Wildman–Crippen MR) is 97.4 cm³/mol. The smallest absolute Gasteiger partial charge is 0.315 e. The number of carbonyl (C=O) groups is 2. The van der Waals surface area contributed by atoms with Crippen LogP contribution in [0.15, 0.2) is 24.7 Å². The van der Waals surface area contributed by atoms with Gasteiger partial charge < -0.3 is 9.47 Å². The second kappa shape index (κ2) is 6.54. The predicted octanol–water partition coefficient (Wildman–Crippen LogP) is 4.46. The van der Waals surface area contributed by atoms with Crippen molar-refractivity contribution in [3.05, 3.63) is 24.7 Å². The van der Waals surface area contributed by atoms with Crippen molar-refractivity contribution >= 4 is 11.9 Å². The van der Waals surface area contributed by atoms with Gasteiger partial charge in [0.1, 0.15) is 11.5 Å². The number of fused-ring (bicyclic) bond motifs is 10. The second-order valence-corrected chi connectivity index (χ2v) is 8.54. The van der Waals surface area contributed by atoms with Crippen molar-refractivity contribution in [2.24, 2.45) is 47.3 Å². The van der Waals surface area contributed by atoms with Gasteiger partial charge in [0.15, 0.2) is 0 Å². The molecule has 142 valence electrons. The number of rotatable bonds is 0. The van der Waals surface area contributed by atoms with Crippen LogP contribution in [-0.4, -0.2) is 11.9 Å². The molecule has 4 heteroatoms. The highest BCUT2D eigenvalue weighted by atomic mass is 16.5. The minimum absolute atomic E-state index is 0.00259. The summed E-state index contributed by atoms with van der Waals surface area (Å²) >= 11 is 0. The van der Waals surface area contributed by atoms with E-state index in [1.54, 1.807) is 0 Å². The zero-order chi connectivity index (χ0) is 18.6. The van der Waals surface area contributed by atoms with Gasteiger partial charge in [-0.1, -0.05) is 27.0 Å². The molecule has 2 saturated heterocycles. The van der Waals surface area contributed by atoms with Gasteiger partial charge in [-0.3, -0.25) is 9.59 Å². The van der Waals surface area contributed by atoms with Gasteiger partial charge in [0.05, 0.1) is 11.8 Å². The first-order chi connectivity index (χ1) is 12.5. The third-order valence-corrected chi connectivity index (χ3v) is 7.58. The topological polar surface area (TPSA) is 52.6 Å². The molecule has 8 atom stereocenters. The summed E-state index contributed by atoms with van der Waals surface area (Å²) < 4.78 is 10.2. The monoisotopic (exact) mass is 358 g/mol. The van der Waals surface area contributed by atoms with E-state index in [1.807, 2.05) is 13.8 Å². The van der Waals surface area contributed by atoms with Crippen LogP contribution in [0.1, 0.15) is 52.4 Å². The van der Waals surface area contributed by atoms with Crippen LogP contribution in [0.4, 0.5) is 0 Å². The second-order valence-electron chi connectivity index (χ2n) is 8.54. The Morgan fingerprint density at radius 1 is 0.654 bits per heavy atom. The molecule has 0 aromatic rings. The lowest BCUT2D eigenvalue weighted by atomic mass is 9.80. The van der Waals surface area contributed by atoms with E-state index >= 15 is 0 Å². The summed E-state index contributed by atoms with van der Waals surface area (Å²) in [5.74, 6) is 5.29. The molecular formula is C22H30O4. The Balaban J connectivity index is 0.000000118. The Labute approximate surface area is 156 Å². The molecule has 4 nitrogen and oxygen atoms in total. The Kier molecular flexibility index (Phi) is 4.48. The molecule has 4 bridgehead atoms. The Morgan fingerprint density at radius 2 is 0.962 bits per heavy atom. The van der Waals surface area contributed by atoms with Gasteiger partial charge in [-0.25, -0.2) is 0 Å². The van der Waals surface area contributed by atoms with Gasteiger partial charge in [0.25, 0.3) is 0 Å². The van der Waals surface area contributed by atoms with Crippen molar-refractivity contribution in [1.82, 2.24) is 0 Å². The van der Waals surface area contributed by atoms with Gasteiger partial charge in [-0.2, -0.15) is 0 Å². The van der Waals surface area contributed by atoms with Crippen molar-refractivity contribution in [3.8, 4) is 0 Å². The SMILES string of the molecule is C=C1OC(=O)C2C3CCC(C3)C12.C=C1OC(=O)C2C3CCC(C3)C12.CC. The zero-order valence-electron chi connectivity index (χ0n) is 15.9. The fraction of sp³-hybridized carbons (Fsp3) is 0.727. The summed E-state index contributed by atoms with van der Waals surface area (Å²) in [4.78, 5) is 22.7. The first-order valence-electron chi connectivity index (χ1n) is 10.4. The van der Waals surface area contributed by atoms with E-state index in [0.717, 1.165) is 11.5 Å². The minimum atomic E-state index is -0.00259. The van der Waals surface area contributed by atoms with E-state index in [2.05, 4.69) is 13.2 Å². The van der Waals surface area contributed by atoms with E-state index in [1.165, 1.54) is 38.5 Å². The third-order valence-electron chi connectivity index (χ3n) is 7.58. The first kappa shape index (κ1) is 17.8. The van der Waals surface area contributed by atoms with Gasteiger partial charge >= 0.3 is 11.9 Å². The number of carbonyl (C=O) groups excluding carboxylic acids is 2. The van der Waals surface area contributed by atoms with Crippen LogP contribution in [0.25, 0.3) is 0 Å². The fourth-order valence-corrected chi connectivity index (χ4v) is 6.72. The third kappa shape index (κ3) is 2.48. The summed E-state index contributed by atoms with van der Waals surface area (Å²) in [6.07, 6.45) is 7.50. The highest BCUT2D eigenvalue weighted by Crippen LogP contribution is 2.58. The Hall–Kier alpha value is -1.58. The number of ether oxygens (including phenoxy) is 2. The summed E-state index contributed by atoms with van der Waals surface area (Å²) in [5, 5.41) is 0. The maximum absolute atomic E-state index is 11.4. The molecule has 2 aliphatic heterocycles. The number of cyclic esters (lactones) is 2. The average molecular weight is 358 g/mol. The van der Waals surface area contributed by atoms with Crippen molar-refractivity contribution < 1.29 is 19.1 Å². The number of hydrogen-bond donors (Lipinski definition) is 0. The van der Waals surface area contributed by atoms with E-state index in [-0.39, 0.29) is 23.8 Å². The minimum Gasteiger partial charge on any atom is -0.431 e. The molecule has 26 heavy (non-hydrogen) atoms. The van der Waals surface area contributed by atoms with Crippen molar-refractivity contribution in [1.29, 1.82) is 0 Å². The highest BCUT2D eigenvalue weighted by Gasteiger charge is 2.58. The number of hydrogen-bond acceptors (Lipinski definition) is 4. The van der Waals surface area contributed by atoms with Crippen molar-refractivity contribution in [2.45, 2.75) is 52.4 Å². The average Bonchev–Trinajstić information content (AvgIpc) is 3.43. The summed E-state index contributed by atoms with van der Waals surface area (Å²) in [7, 11) is 0. The zero-order valence-corrected chi connectivity index (χ0v) is 15.9. The molecule has 6 aliphatic rings. The van der Waals surface area contributed by atoms with Crippen molar-refractivity contribution in [3.63, 3.8) is 0 Å². The lowest BCUT2D eigenvalue weighted by Crippen LogP contribution is -2.22. The molecule has 6 rings (SSSR count). The van der Waals surface area contributed by atoms with Gasteiger partial charge in [0, 0.05) is 11.8 Å². The van der Waals surface area contributed by atoms with Crippen LogP contribution < -0.4 is 0 Å². The van der Waals surface area contributed by atoms with E-state index in [9.17, 15) is 9.59 Å². The quantitative estimate of drug-likeness (QED) is 0.600. The van der Waals surface area contributed by atoms with E-state index in [0.29, 0.717) is 35.5 Å². The lowest BCUT2D eigenvalue weighted by molar-refractivity contribution is -0.141. The van der Waals surface area contributed by atoms with Crippen LogP contribution in [0.5, 0.6) is 0 Å². The molecule has 4 saturated carbocycles. The van der Waals surface area contributed by atoms with Crippen LogP contribution >= 0.6 is 0 Å². The maximum atomic E-state index is 11.4. The van der Waals surface area contributed by atoms with Gasteiger partial charge in [0.2, 0.25) is 0 Å². The number of allylic oxidation sites excluding steroid dienone is 2. The van der Waals surface area contributed by atoms with E-state index < -0.39 is 0 Å². The molecule has 8 unspecified atom stereocenters. The first-order valence-corrected chi connectivity index (χ1v) is 10.4. The van der Waals surface area contributed by atoms with Crippen LogP contribution in [-0.2, 0) is 19.1 Å². The van der Waals surface area contributed by atoms with E-state index in [4.69, 9.17) is 9.47 Å². The molecule has 2 heterocycles. The van der Waals surface area contributed by atoms with Crippen LogP contribution in [0.3, 0.4) is 0 Å². The molecule has 0 spiro atoms. The number of esters is 2. The summed E-state index contributed by atoms with van der Waals surface area (Å²) in [5.41, 5.74) is 0. The molecular weight excluding hydrogens is 328 g/mol. The molecule has 0 N–H and O–H groups in total. The molecule has 0 aromatic heterocycles. The van der Waals surface area contributed by atoms with Gasteiger partial charge in [-0.05, 0) is 62.2 Å². The van der Waals surface area contributed by atoms with Crippen LogP contribution in [0, 0.1) is 47.3 Å². The molecule has 0 aromatic carbocycles. The molecule has 0 radical (unpaired) electrons. The summed E-state index contributed by atoms with van der Waals surface area (Å²) in [6.45, 7) is 11.6. The maximum Gasteiger partial charge on any atom is 0.315 e. The van der Waals surface area contributed by atoms with Crippen LogP contribution in [0.2, 0.25) is 0 Å². The Bertz CT molecular complexity index is 543. The fourth-order valence-electron chi connectivity index (χ4n) is 6.72. The van der Waals surface area contributed by atoms with Gasteiger partial charge in [-0.15, -0.1) is 0 Å². The lowest BCUT2D eigenvalue weighted by Gasteiger charge is -2.19. The molecule has 4 aliphatic carbocycles. The highest BCUT2D eigenvalue weighted by molar-refractivity contribution is 5.79. The normalized spacial score (nSPS) is 46.1. The van der Waals surface area contributed by atoms with Crippen molar-refractivity contribution in [2.75, 3.05) is 0 Å². The molecule has 0 amide bonds. The molecule has 6 fully saturated rings.